The number of hydrogen-bond donors (Lipinski definition) is 0. The Morgan fingerprint density at radius 3 is 0.867 bits per heavy atom. The van der Waals surface area contributed by atoms with Gasteiger partial charge in [0.15, 0.2) is 0 Å². The first kappa shape index (κ1) is 89.5. The molecule has 6 heterocycles. The number of nitrogens with zero attached hydrogens (tertiary/aromatic N) is 10. The van der Waals surface area contributed by atoms with Crippen molar-refractivity contribution in [1.82, 2.24) is 30.4 Å². The van der Waals surface area contributed by atoms with Gasteiger partial charge in [-0.1, -0.05) is 324 Å². The fourth-order valence-corrected chi connectivity index (χ4v) is 21.2. The van der Waals surface area contributed by atoms with Crippen molar-refractivity contribution in [1.29, 1.82) is 0 Å². The van der Waals surface area contributed by atoms with Crippen molar-refractivity contribution in [2.24, 2.45) is 0 Å². The average molecular weight is 2040 g/mol. The molecule has 20 rings (SSSR count). The zero-order chi connectivity index (χ0) is 89.3. The number of rotatable bonds is 8. The van der Waals surface area contributed by atoms with Gasteiger partial charge in [0.05, 0.1) is 16.4 Å². The van der Waals surface area contributed by atoms with Gasteiger partial charge in [-0.3, -0.25) is 0 Å². The first-order valence-electron chi connectivity index (χ1n) is 45.1. The summed E-state index contributed by atoms with van der Waals surface area (Å²) in [7, 11) is 4.26. The third kappa shape index (κ3) is 13.6. The van der Waals surface area contributed by atoms with Crippen LogP contribution in [-0.2, 0) is 107 Å². The maximum Gasteiger partial charge on any atom is 0.122 e. The summed E-state index contributed by atoms with van der Waals surface area (Å²) < 4.78 is 0. The minimum atomic E-state index is -0.837. The molecule has 6 aliphatic rings. The summed E-state index contributed by atoms with van der Waals surface area (Å²) in [5, 5.41) is 18.9. The zero-order valence-electron chi connectivity index (χ0n) is 79.4. The molecule has 0 spiro atoms. The van der Waals surface area contributed by atoms with Crippen LogP contribution in [0, 0.1) is 25.5 Å². The van der Waals surface area contributed by atoms with Crippen LogP contribution < -0.4 is 29.8 Å². The zero-order valence-corrected chi connectivity index (χ0v) is 83.9. The summed E-state index contributed by atoms with van der Waals surface area (Å²) in [5.41, 5.74) is 35.0. The molecule has 4 aromatic heterocycles. The van der Waals surface area contributed by atoms with Gasteiger partial charge in [0, 0.05) is 82.8 Å². The predicted octanol–water partition coefficient (Wildman–Crippen LogP) is 26.3. The van der Waals surface area contributed by atoms with Crippen LogP contribution in [0.1, 0.15) is 289 Å². The molecule has 0 atom stereocenters. The Hall–Kier alpha value is -10.5. The molecule has 4 aliphatic carbocycles. The number of hydrogen-bond acceptors (Lipinski definition) is 8. The molecule has 10 aromatic carbocycles. The summed E-state index contributed by atoms with van der Waals surface area (Å²) in [6.07, 6.45) is 7.51. The van der Waals surface area contributed by atoms with Gasteiger partial charge in [0.2, 0.25) is 0 Å². The topological polar surface area (TPSA) is 92.7 Å². The molecule has 0 bridgehead atoms. The third-order valence-electron chi connectivity index (χ3n) is 28.4. The molecule has 128 heavy (non-hydrogen) atoms. The van der Waals surface area contributed by atoms with Crippen LogP contribution in [0.5, 0.6) is 0 Å². The molecule has 0 N–H and O–H groups in total. The Morgan fingerprint density at radius 2 is 0.578 bits per heavy atom. The molecule has 0 fully saturated rings. The van der Waals surface area contributed by atoms with Crippen LogP contribution in [0.15, 0.2) is 243 Å². The largest absolute Gasteiger partial charge is 0.581 e. The Balaban J connectivity index is 0.000000177. The van der Waals surface area contributed by atoms with E-state index in [0.29, 0.717) is 0 Å². The Labute approximate surface area is 790 Å². The molecule has 660 valence electrons. The van der Waals surface area contributed by atoms with Gasteiger partial charge >= 0.3 is 0 Å². The minimum Gasteiger partial charge on any atom is -0.581 e. The van der Waals surface area contributed by atoms with Crippen LogP contribution in [0.25, 0.3) is 44.5 Å². The molecule has 14 aromatic rings. The quantitative estimate of drug-likeness (QED) is 0.137. The molecule has 0 saturated carbocycles. The van der Waals surface area contributed by atoms with Gasteiger partial charge in [0.25, 0.3) is 0 Å². The second-order valence-electron chi connectivity index (χ2n) is 44.7. The Bertz CT molecular complexity index is 6430. The monoisotopic (exact) mass is 2040 g/mol. The van der Waals surface area contributed by atoms with E-state index in [4.69, 9.17) is 20.2 Å². The second-order valence-corrected chi connectivity index (χ2v) is 44.7. The van der Waals surface area contributed by atoms with Gasteiger partial charge < -0.3 is 40.0 Å². The number of benzene rings is 10. The van der Waals surface area contributed by atoms with E-state index < -0.39 is 21.9 Å². The summed E-state index contributed by atoms with van der Waals surface area (Å²) in [6, 6.07) is 91.9. The minimum absolute atomic E-state index is 0. The van der Waals surface area contributed by atoms with Crippen molar-refractivity contribution in [3.8, 4) is 44.5 Å². The van der Waals surface area contributed by atoms with E-state index in [0.717, 1.165) is 56.7 Å². The van der Waals surface area contributed by atoms with Crippen molar-refractivity contribution in [3.05, 3.63) is 391 Å². The predicted molar refractivity (Wildman–Crippen MR) is 519 cm³/mol. The number of pyridine rings is 2. The van der Waals surface area contributed by atoms with Crippen molar-refractivity contribution >= 4 is 23.0 Å². The molecule has 2 aliphatic heterocycles. The van der Waals surface area contributed by atoms with E-state index in [-0.39, 0.29) is 85.5 Å². The molecular weight excluding hydrogens is 1920 g/mol. The first-order valence-corrected chi connectivity index (χ1v) is 45.1. The van der Waals surface area contributed by atoms with Crippen LogP contribution >= 0.6 is 0 Å². The maximum absolute atomic E-state index is 5.16. The first-order chi connectivity index (χ1) is 59.3. The summed E-state index contributed by atoms with van der Waals surface area (Å²) in [4.78, 5) is 19.5. The van der Waals surface area contributed by atoms with E-state index >= 15 is 0 Å². The molecule has 0 amide bonds. The fourth-order valence-electron chi connectivity index (χ4n) is 21.2. The van der Waals surface area contributed by atoms with Crippen molar-refractivity contribution < 1.29 is 42.1 Å². The maximum atomic E-state index is 5.16. The van der Waals surface area contributed by atoms with Crippen molar-refractivity contribution in [2.45, 2.75) is 231 Å². The molecular formula is C116H120N10Pt2-6. The van der Waals surface area contributed by atoms with E-state index in [1.165, 1.54) is 134 Å². The third-order valence-corrected chi connectivity index (χ3v) is 28.4. The number of fused-ring (bicyclic) bond motifs is 14. The molecule has 10 nitrogen and oxygen atoms in total. The van der Waals surface area contributed by atoms with Gasteiger partial charge in [-0.2, -0.15) is 74.3 Å². The van der Waals surface area contributed by atoms with Crippen molar-refractivity contribution in [2.75, 3.05) is 33.7 Å². The normalized spacial score (nSPS) is 15.9. The van der Waals surface area contributed by atoms with Crippen LogP contribution in [0.4, 0.5) is 23.0 Å². The summed E-state index contributed by atoms with van der Waals surface area (Å²) in [6.45, 7) is 59.7. The second kappa shape index (κ2) is 30.6. The standard InChI is InChI=1S/2C58H60N5.2Pt/c1-53(2,3)36-19-23-46-42(31-36)43-32-37(54(4,5)6)20-24-47(43)57(46,51-27-29-60-61-51)40-16-14-17-41(30-40)58(63-35-62(13)50-18-15-28-59-52(50)63)48-25-21-38(55(7,8)9)33-44(48)45-34-39(56(10,11)12)22-26-49(45)58;1-53(2,3)38-20-24-46-42(31-38)43-32-39(54(4,5)6)21-25-47(43)57(46,51-28-30-60-61-51)36-16-18-37(19-17-36)58(63-35-62(13)50-15-14-29-59-52(50)63)48-26-22-40(55(7,8)9)33-44(48)45-34-41(56(10,11)12)23-27-49(45)58;;/h14-29,31-35H,1-13H3;14-16,18-35H,1-13H3;;/q2*-3;;. The summed E-state index contributed by atoms with van der Waals surface area (Å²) >= 11 is 0. The molecule has 0 unspecified atom stereocenters. The Morgan fingerprint density at radius 1 is 0.297 bits per heavy atom. The van der Waals surface area contributed by atoms with E-state index in [2.05, 4.69) is 442 Å². The van der Waals surface area contributed by atoms with Crippen molar-refractivity contribution in [3.63, 3.8) is 0 Å². The van der Waals surface area contributed by atoms with Gasteiger partial charge in [-0.15, -0.1) is 22.3 Å². The van der Waals surface area contributed by atoms with Gasteiger partial charge in [0.1, 0.15) is 11.6 Å². The van der Waals surface area contributed by atoms with Crippen LogP contribution in [0.2, 0.25) is 0 Å². The smallest absolute Gasteiger partial charge is 0.122 e. The van der Waals surface area contributed by atoms with E-state index in [9.17, 15) is 0 Å². The number of aromatic nitrogens is 6. The summed E-state index contributed by atoms with van der Waals surface area (Å²) in [5.74, 6) is 1.84. The number of anilines is 4. The Kier molecular flexibility index (Phi) is 21.4. The van der Waals surface area contributed by atoms with Crippen LogP contribution in [0.3, 0.4) is 0 Å². The van der Waals surface area contributed by atoms with E-state index in [1.54, 1.807) is 0 Å². The van der Waals surface area contributed by atoms with Crippen LogP contribution in [-0.4, -0.2) is 34.3 Å². The average Bonchev–Trinajstić information content (AvgIpc) is 1.52. The fraction of sp³-hybridized carbons (Fsp3) is 0.328. The van der Waals surface area contributed by atoms with Gasteiger partial charge in [-0.05, 0) is 215 Å². The molecule has 0 saturated heterocycles. The van der Waals surface area contributed by atoms with E-state index in [1.807, 2.05) is 36.9 Å². The van der Waals surface area contributed by atoms with Gasteiger partial charge in [-0.25, -0.2) is 9.97 Å². The SMILES string of the molecule is CN1[CH-]N(C2(c3[c-]c(C4(c5cc[n-]n5)c5ccc(C(C)(C)C)cc5-c5cc(C(C)(C)C)ccc54)ccc3)c3ccc(C(C)(C)C)cc3-c3cc(C(C)(C)C)ccc32)c2ncccc21.CN1[CH-]N(C2(c3c[c-]c(C4(c5cc[n-]n5)c5ccc(C(C)(C)C)cc5-c5cc(C(C)(C)C)ccc54)cc3)c3ccc(C(C)(C)C)cc3-c3cc(C(C)(C)C)ccc32)c2ncccc21.[Pt].[Pt]. The molecule has 0 radical (unpaired) electrons. The molecule has 12 heteroatoms.